The number of ether oxygens (including phenoxy) is 1. The van der Waals surface area contributed by atoms with Crippen molar-refractivity contribution in [2.45, 2.75) is 18.8 Å². The molecule has 26 heavy (non-hydrogen) atoms. The molecule has 1 N–H and O–H groups in total. The first-order valence-corrected chi connectivity index (χ1v) is 9.37. The molecule has 1 aromatic carbocycles. The number of hydrogen-bond acceptors (Lipinski definition) is 5. The lowest BCUT2D eigenvalue weighted by molar-refractivity contribution is -0.120. The van der Waals surface area contributed by atoms with Crippen molar-refractivity contribution >= 4 is 33.1 Å². The molecular weight excluding hydrogens is 346 g/mol. The summed E-state index contributed by atoms with van der Waals surface area (Å²) in [6, 6.07) is 11.6. The lowest BCUT2D eigenvalue weighted by atomic mass is 9.82. The zero-order valence-electron chi connectivity index (χ0n) is 14.4. The van der Waals surface area contributed by atoms with Crippen LogP contribution in [0.3, 0.4) is 0 Å². The Morgan fingerprint density at radius 1 is 1.19 bits per heavy atom. The maximum Gasteiger partial charge on any atom is 0.228 e. The normalized spacial score (nSPS) is 19.4. The van der Waals surface area contributed by atoms with E-state index in [0.29, 0.717) is 11.6 Å². The predicted molar refractivity (Wildman–Crippen MR) is 104 cm³/mol. The van der Waals surface area contributed by atoms with Gasteiger partial charge >= 0.3 is 0 Å². The number of carbonyl (C=O) groups is 1. The highest BCUT2D eigenvalue weighted by Gasteiger charge is 2.32. The Labute approximate surface area is 155 Å². The number of nitrogens with one attached hydrogen (secondary N) is 1. The molecule has 0 saturated heterocycles. The maximum atomic E-state index is 12.9. The van der Waals surface area contributed by atoms with Crippen molar-refractivity contribution in [2.75, 3.05) is 12.4 Å². The summed E-state index contributed by atoms with van der Waals surface area (Å²) in [6.07, 6.45) is 7.40. The molecule has 2 aromatic heterocycles. The van der Waals surface area contributed by atoms with E-state index in [1.807, 2.05) is 18.2 Å². The second-order valence-corrected chi connectivity index (χ2v) is 7.32. The van der Waals surface area contributed by atoms with Crippen molar-refractivity contribution in [3.8, 4) is 5.88 Å². The van der Waals surface area contributed by atoms with E-state index in [1.165, 1.54) is 0 Å². The molecule has 4 rings (SSSR count). The average Bonchev–Trinajstić information content (AvgIpc) is 3.12. The smallest absolute Gasteiger partial charge is 0.228 e. The van der Waals surface area contributed by atoms with Crippen LogP contribution < -0.4 is 10.1 Å². The molecule has 2 unspecified atom stereocenters. The average molecular weight is 365 g/mol. The van der Waals surface area contributed by atoms with Crippen molar-refractivity contribution in [1.82, 2.24) is 9.97 Å². The Hall–Kier alpha value is -2.73. The molecular formula is C20H19N3O2S. The van der Waals surface area contributed by atoms with Gasteiger partial charge in [0.2, 0.25) is 11.8 Å². The van der Waals surface area contributed by atoms with Gasteiger partial charge in [-0.3, -0.25) is 4.79 Å². The third kappa shape index (κ3) is 3.32. The second kappa shape index (κ2) is 7.25. The Morgan fingerprint density at radius 3 is 2.81 bits per heavy atom. The molecule has 0 aliphatic heterocycles. The number of carbonyl (C=O) groups excluding carboxylic acids is 1. The number of para-hydroxylation sites is 1. The molecule has 1 aliphatic carbocycles. The van der Waals surface area contributed by atoms with Crippen molar-refractivity contribution in [1.29, 1.82) is 0 Å². The van der Waals surface area contributed by atoms with Gasteiger partial charge < -0.3 is 10.1 Å². The summed E-state index contributed by atoms with van der Waals surface area (Å²) in [5.74, 6) is 0.493. The minimum Gasteiger partial charge on any atom is -0.481 e. The molecule has 2 atom stereocenters. The third-order valence-electron chi connectivity index (χ3n) is 4.61. The summed E-state index contributed by atoms with van der Waals surface area (Å²) >= 11 is 1.68. The van der Waals surface area contributed by atoms with Crippen LogP contribution in [0.4, 0.5) is 5.69 Å². The summed E-state index contributed by atoms with van der Waals surface area (Å²) in [7, 11) is 1.57. The quantitative estimate of drug-likeness (QED) is 0.697. The van der Waals surface area contributed by atoms with Crippen LogP contribution in [-0.2, 0) is 4.79 Å². The summed E-state index contributed by atoms with van der Waals surface area (Å²) in [5, 5.41) is 4.01. The minimum absolute atomic E-state index is 0.00516. The highest BCUT2D eigenvalue weighted by Crippen LogP contribution is 2.39. The zero-order chi connectivity index (χ0) is 17.9. The SMILES string of the molecule is COc1ccc(NC(=O)C2CC=CCC2c2nc3ccccc3s2)cn1. The van der Waals surface area contributed by atoms with Gasteiger partial charge in [0.15, 0.2) is 0 Å². The highest BCUT2D eigenvalue weighted by molar-refractivity contribution is 7.18. The number of anilines is 1. The number of methoxy groups -OCH3 is 1. The fourth-order valence-corrected chi connectivity index (χ4v) is 4.38. The van der Waals surface area contributed by atoms with Gasteiger partial charge in [-0.2, -0.15) is 0 Å². The molecule has 0 fully saturated rings. The van der Waals surface area contributed by atoms with Crippen LogP contribution in [0, 0.1) is 5.92 Å². The van der Waals surface area contributed by atoms with E-state index in [1.54, 1.807) is 36.8 Å². The van der Waals surface area contributed by atoms with Crippen LogP contribution in [-0.4, -0.2) is 23.0 Å². The number of nitrogens with zero attached hydrogens (tertiary/aromatic N) is 2. The molecule has 0 radical (unpaired) electrons. The van der Waals surface area contributed by atoms with Gasteiger partial charge in [-0.1, -0.05) is 24.3 Å². The van der Waals surface area contributed by atoms with E-state index in [2.05, 4.69) is 28.5 Å². The third-order valence-corrected chi connectivity index (χ3v) is 5.78. The number of hydrogen-bond donors (Lipinski definition) is 1. The standard InChI is InChI=1S/C20H19N3O2S/c1-25-18-11-10-13(12-21-18)22-19(24)14-6-2-3-7-15(14)20-23-16-8-4-5-9-17(16)26-20/h2-5,8-12,14-15H,6-7H2,1H3,(H,22,24). The van der Waals surface area contributed by atoms with E-state index in [9.17, 15) is 4.79 Å². The fraction of sp³-hybridized carbons (Fsp3) is 0.250. The van der Waals surface area contributed by atoms with Gasteiger partial charge in [0.05, 0.1) is 40.1 Å². The molecule has 1 aliphatic rings. The van der Waals surface area contributed by atoms with Gasteiger partial charge in [0.25, 0.3) is 0 Å². The van der Waals surface area contributed by atoms with Crippen molar-refractivity contribution in [3.05, 3.63) is 59.8 Å². The largest absolute Gasteiger partial charge is 0.481 e. The first-order chi connectivity index (χ1) is 12.7. The van der Waals surface area contributed by atoms with E-state index < -0.39 is 0 Å². The van der Waals surface area contributed by atoms with Gasteiger partial charge in [-0.05, 0) is 31.0 Å². The lowest BCUT2D eigenvalue weighted by Crippen LogP contribution is -2.29. The lowest BCUT2D eigenvalue weighted by Gasteiger charge is -2.26. The van der Waals surface area contributed by atoms with Crippen LogP contribution >= 0.6 is 11.3 Å². The number of benzene rings is 1. The Kier molecular flexibility index (Phi) is 4.67. The van der Waals surface area contributed by atoms with Crippen LogP contribution in [0.25, 0.3) is 10.2 Å². The molecule has 0 bridgehead atoms. The Morgan fingerprint density at radius 2 is 2.04 bits per heavy atom. The number of rotatable bonds is 4. The van der Waals surface area contributed by atoms with Gasteiger partial charge in [-0.15, -0.1) is 11.3 Å². The number of pyridine rings is 1. The van der Waals surface area contributed by atoms with Crippen LogP contribution in [0.1, 0.15) is 23.8 Å². The monoisotopic (exact) mass is 365 g/mol. The minimum atomic E-state index is -0.136. The number of thiazole rings is 1. The topological polar surface area (TPSA) is 64.1 Å². The van der Waals surface area contributed by atoms with E-state index in [-0.39, 0.29) is 17.7 Å². The first-order valence-electron chi connectivity index (χ1n) is 8.56. The van der Waals surface area contributed by atoms with Crippen molar-refractivity contribution in [3.63, 3.8) is 0 Å². The number of aromatic nitrogens is 2. The van der Waals surface area contributed by atoms with Gasteiger partial charge in [0.1, 0.15) is 0 Å². The molecule has 3 aromatic rings. The highest BCUT2D eigenvalue weighted by atomic mass is 32.1. The summed E-state index contributed by atoms with van der Waals surface area (Å²) in [5.41, 5.74) is 1.67. The molecule has 6 heteroatoms. The summed E-state index contributed by atoms with van der Waals surface area (Å²) < 4.78 is 6.22. The first kappa shape index (κ1) is 16.7. The zero-order valence-corrected chi connectivity index (χ0v) is 15.2. The summed E-state index contributed by atoms with van der Waals surface area (Å²) in [6.45, 7) is 0. The molecule has 0 spiro atoms. The maximum absolute atomic E-state index is 12.9. The van der Waals surface area contributed by atoms with E-state index >= 15 is 0 Å². The van der Waals surface area contributed by atoms with Crippen molar-refractivity contribution < 1.29 is 9.53 Å². The van der Waals surface area contributed by atoms with Gasteiger partial charge in [-0.25, -0.2) is 9.97 Å². The molecule has 2 heterocycles. The van der Waals surface area contributed by atoms with E-state index in [4.69, 9.17) is 9.72 Å². The number of fused-ring (bicyclic) bond motifs is 1. The fourth-order valence-electron chi connectivity index (χ4n) is 3.24. The van der Waals surface area contributed by atoms with Crippen LogP contribution in [0.15, 0.2) is 54.7 Å². The molecule has 1 amide bonds. The second-order valence-electron chi connectivity index (χ2n) is 6.25. The Balaban J connectivity index is 1.56. The molecule has 5 nitrogen and oxygen atoms in total. The van der Waals surface area contributed by atoms with Crippen LogP contribution in [0.2, 0.25) is 0 Å². The molecule has 0 saturated carbocycles. The van der Waals surface area contributed by atoms with Crippen molar-refractivity contribution in [2.24, 2.45) is 5.92 Å². The number of allylic oxidation sites excluding steroid dienone is 2. The van der Waals surface area contributed by atoms with E-state index in [0.717, 1.165) is 28.1 Å². The summed E-state index contributed by atoms with van der Waals surface area (Å²) in [4.78, 5) is 21.8. The van der Waals surface area contributed by atoms with Gasteiger partial charge in [0, 0.05) is 12.0 Å². The predicted octanol–water partition coefficient (Wildman–Crippen LogP) is 4.39. The number of amides is 1. The van der Waals surface area contributed by atoms with Crippen LogP contribution in [0.5, 0.6) is 5.88 Å². The molecule has 132 valence electrons. The Bertz CT molecular complexity index is 916.